The van der Waals surface area contributed by atoms with E-state index >= 15 is 0 Å². The summed E-state index contributed by atoms with van der Waals surface area (Å²) in [4.78, 5) is 27.9. The van der Waals surface area contributed by atoms with E-state index in [2.05, 4.69) is 11.4 Å². The first-order valence-corrected chi connectivity index (χ1v) is 8.50. The summed E-state index contributed by atoms with van der Waals surface area (Å²) in [5.41, 5.74) is 3.71. The maximum absolute atomic E-state index is 12.6. The highest BCUT2D eigenvalue weighted by Crippen LogP contribution is 2.26. The highest BCUT2D eigenvalue weighted by Gasteiger charge is 2.21. The Morgan fingerprint density at radius 3 is 2.52 bits per heavy atom. The van der Waals surface area contributed by atoms with Crippen LogP contribution in [0, 0.1) is 0 Å². The summed E-state index contributed by atoms with van der Waals surface area (Å²) in [6.45, 7) is 0.989. The first kappa shape index (κ1) is 17.0. The molecule has 130 valence electrons. The van der Waals surface area contributed by atoms with Crippen LogP contribution in [-0.4, -0.2) is 43.9 Å². The van der Waals surface area contributed by atoms with Gasteiger partial charge in [-0.1, -0.05) is 18.2 Å². The molecule has 5 nitrogen and oxygen atoms in total. The molecule has 1 aliphatic heterocycles. The number of nitrogens with one attached hydrogen (secondary N) is 1. The fourth-order valence-corrected chi connectivity index (χ4v) is 3.05. The van der Waals surface area contributed by atoms with Crippen molar-refractivity contribution in [3.8, 4) is 0 Å². The molecule has 1 N–H and O–H groups in total. The lowest BCUT2D eigenvalue weighted by Crippen LogP contribution is -2.39. The van der Waals surface area contributed by atoms with Gasteiger partial charge in [0.25, 0.3) is 5.91 Å². The number of amides is 2. The molecule has 0 saturated carbocycles. The van der Waals surface area contributed by atoms with E-state index in [1.807, 2.05) is 35.2 Å². The number of rotatable bonds is 4. The number of fused-ring (bicyclic) bond motifs is 1. The number of anilines is 2. The summed E-state index contributed by atoms with van der Waals surface area (Å²) < 4.78 is 0. The van der Waals surface area contributed by atoms with Gasteiger partial charge in [0.05, 0.1) is 6.54 Å². The second-order valence-electron chi connectivity index (χ2n) is 6.41. The molecular weight excluding hydrogens is 314 g/mol. The maximum atomic E-state index is 12.6. The number of hydrogen-bond donors (Lipinski definition) is 1. The molecule has 0 spiro atoms. The van der Waals surface area contributed by atoms with E-state index in [0.717, 1.165) is 30.8 Å². The van der Waals surface area contributed by atoms with Crippen LogP contribution in [-0.2, 0) is 11.2 Å². The fraction of sp³-hybridized carbons (Fsp3) is 0.300. The van der Waals surface area contributed by atoms with Crippen molar-refractivity contribution in [1.29, 1.82) is 0 Å². The third kappa shape index (κ3) is 3.82. The van der Waals surface area contributed by atoms with Gasteiger partial charge in [0.1, 0.15) is 0 Å². The topological polar surface area (TPSA) is 52.7 Å². The van der Waals surface area contributed by atoms with Crippen molar-refractivity contribution in [2.75, 3.05) is 37.4 Å². The minimum Gasteiger partial charge on any atom is -0.376 e. The van der Waals surface area contributed by atoms with Crippen LogP contribution in [0.3, 0.4) is 0 Å². The van der Waals surface area contributed by atoms with Crippen molar-refractivity contribution in [2.45, 2.75) is 12.8 Å². The van der Waals surface area contributed by atoms with Crippen LogP contribution in [0.4, 0.5) is 11.4 Å². The van der Waals surface area contributed by atoms with Crippen LogP contribution >= 0.6 is 0 Å². The lowest BCUT2D eigenvalue weighted by Gasteiger charge is -2.29. The first-order chi connectivity index (χ1) is 12.1. The molecule has 0 atom stereocenters. The highest BCUT2D eigenvalue weighted by molar-refractivity contribution is 5.97. The Morgan fingerprint density at radius 1 is 1.08 bits per heavy atom. The van der Waals surface area contributed by atoms with Crippen LogP contribution in [0.25, 0.3) is 0 Å². The molecule has 3 rings (SSSR count). The Hall–Kier alpha value is -2.82. The summed E-state index contributed by atoms with van der Waals surface area (Å²) in [5.74, 6) is 0.0214. The number of carbonyl (C=O) groups is 2. The van der Waals surface area contributed by atoms with Crippen molar-refractivity contribution in [3.05, 3.63) is 59.7 Å². The van der Waals surface area contributed by atoms with Crippen LogP contribution in [0.5, 0.6) is 0 Å². The Kier molecular flexibility index (Phi) is 5.03. The molecule has 1 aliphatic rings. The van der Waals surface area contributed by atoms with Gasteiger partial charge in [-0.2, -0.15) is 0 Å². The molecule has 2 aromatic carbocycles. The quantitative estimate of drug-likeness (QED) is 0.933. The zero-order chi connectivity index (χ0) is 17.8. The summed E-state index contributed by atoms with van der Waals surface area (Å²) in [6, 6.07) is 15.3. The average Bonchev–Trinajstić information content (AvgIpc) is 2.65. The van der Waals surface area contributed by atoms with E-state index in [-0.39, 0.29) is 18.4 Å². The summed E-state index contributed by atoms with van der Waals surface area (Å²) >= 11 is 0. The second kappa shape index (κ2) is 7.38. The lowest BCUT2D eigenvalue weighted by atomic mass is 10.0. The van der Waals surface area contributed by atoms with Crippen molar-refractivity contribution >= 4 is 23.2 Å². The van der Waals surface area contributed by atoms with E-state index in [1.54, 1.807) is 31.1 Å². The molecule has 0 fully saturated rings. The maximum Gasteiger partial charge on any atom is 0.253 e. The van der Waals surface area contributed by atoms with Crippen molar-refractivity contribution < 1.29 is 9.59 Å². The van der Waals surface area contributed by atoms with E-state index in [1.165, 1.54) is 5.56 Å². The molecule has 0 aromatic heterocycles. The summed E-state index contributed by atoms with van der Waals surface area (Å²) in [6.07, 6.45) is 2.01. The first-order valence-electron chi connectivity index (χ1n) is 8.50. The summed E-state index contributed by atoms with van der Waals surface area (Å²) in [7, 11) is 3.45. The highest BCUT2D eigenvalue weighted by atomic mass is 16.2. The van der Waals surface area contributed by atoms with Crippen molar-refractivity contribution in [3.63, 3.8) is 0 Å². The number of benzene rings is 2. The van der Waals surface area contributed by atoms with Gasteiger partial charge in [0.15, 0.2) is 0 Å². The molecule has 0 aliphatic carbocycles. The number of nitrogens with zero attached hydrogens (tertiary/aromatic N) is 2. The van der Waals surface area contributed by atoms with Gasteiger partial charge in [0.2, 0.25) is 5.91 Å². The van der Waals surface area contributed by atoms with Gasteiger partial charge in [-0.15, -0.1) is 0 Å². The molecule has 2 aromatic rings. The second-order valence-corrected chi connectivity index (χ2v) is 6.41. The third-order valence-corrected chi connectivity index (χ3v) is 4.39. The van der Waals surface area contributed by atoms with E-state index in [0.29, 0.717) is 5.56 Å². The van der Waals surface area contributed by atoms with Gasteiger partial charge in [-0.25, -0.2) is 0 Å². The van der Waals surface area contributed by atoms with Crippen LogP contribution in [0.15, 0.2) is 48.5 Å². The number of para-hydroxylation sites is 1. The van der Waals surface area contributed by atoms with Crippen molar-refractivity contribution in [1.82, 2.24) is 4.90 Å². The number of carbonyl (C=O) groups excluding carboxylic acids is 2. The predicted molar refractivity (Wildman–Crippen MR) is 100 cm³/mol. The minimum absolute atomic E-state index is 0.0347. The molecule has 0 radical (unpaired) electrons. The zero-order valence-electron chi connectivity index (χ0n) is 14.7. The van der Waals surface area contributed by atoms with E-state index in [9.17, 15) is 9.59 Å². The monoisotopic (exact) mass is 337 g/mol. The smallest absolute Gasteiger partial charge is 0.253 e. The largest absolute Gasteiger partial charge is 0.376 e. The van der Waals surface area contributed by atoms with Crippen LogP contribution in [0.1, 0.15) is 22.3 Å². The van der Waals surface area contributed by atoms with Crippen LogP contribution in [0.2, 0.25) is 0 Å². The molecule has 0 saturated heterocycles. The average molecular weight is 337 g/mol. The van der Waals surface area contributed by atoms with Gasteiger partial charge < -0.3 is 15.1 Å². The van der Waals surface area contributed by atoms with Gasteiger partial charge >= 0.3 is 0 Å². The minimum atomic E-state index is -0.0347. The molecule has 0 unspecified atom stereocenters. The Bertz CT molecular complexity index is 769. The van der Waals surface area contributed by atoms with E-state index < -0.39 is 0 Å². The normalized spacial score (nSPS) is 13.1. The zero-order valence-corrected chi connectivity index (χ0v) is 14.7. The van der Waals surface area contributed by atoms with Gasteiger partial charge in [0, 0.05) is 37.6 Å². The Labute approximate surface area is 148 Å². The predicted octanol–water partition coefficient (Wildman–Crippen LogP) is 2.78. The third-order valence-electron chi connectivity index (χ3n) is 4.39. The van der Waals surface area contributed by atoms with Gasteiger partial charge in [-0.05, 0) is 48.7 Å². The number of aryl methyl sites for hydroxylation is 1. The number of hydrogen-bond acceptors (Lipinski definition) is 3. The Morgan fingerprint density at radius 2 is 1.80 bits per heavy atom. The lowest BCUT2D eigenvalue weighted by molar-refractivity contribution is -0.117. The van der Waals surface area contributed by atoms with Gasteiger partial charge in [-0.3, -0.25) is 9.59 Å². The molecule has 5 heteroatoms. The standard InChI is InChI=1S/C20H23N3O2/c1-22(2)20(25)16-9-11-17(12-10-16)21-14-19(24)23-13-5-7-15-6-3-4-8-18(15)23/h3-4,6,8-12,21H,5,7,13-14H2,1-2H3. The molecule has 2 amide bonds. The van der Waals surface area contributed by atoms with Crippen LogP contribution < -0.4 is 10.2 Å². The molecular formula is C20H23N3O2. The molecule has 0 bridgehead atoms. The molecule has 25 heavy (non-hydrogen) atoms. The Balaban J connectivity index is 1.62. The molecule has 1 heterocycles. The van der Waals surface area contributed by atoms with Crippen molar-refractivity contribution in [2.24, 2.45) is 0 Å². The fourth-order valence-electron chi connectivity index (χ4n) is 3.05. The van der Waals surface area contributed by atoms with E-state index in [4.69, 9.17) is 0 Å². The summed E-state index contributed by atoms with van der Waals surface area (Å²) in [5, 5.41) is 3.15. The SMILES string of the molecule is CN(C)C(=O)c1ccc(NCC(=O)N2CCCc3ccccc32)cc1.